The highest BCUT2D eigenvalue weighted by Gasteiger charge is 2.49. The van der Waals surface area contributed by atoms with Gasteiger partial charge in [-0.2, -0.15) is 0 Å². The molecule has 0 radical (unpaired) electrons. The van der Waals surface area contributed by atoms with E-state index in [0.717, 1.165) is 50.9 Å². The molecule has 1 aromatic rings. The quantitative estimate of drug-likeness (QED) is 0.832. The van der Waals surface area contributed by atoms with Crippen LogP contribution in [-0.2, 0) is 16.1 Å². The molecule has 0 N–H and O–H groups in total. The van der Waals surface area contributed by atoms with Crippen LogP contribution in [0.4, 0.5) is 0 Å². The number of aromatic nitrogens is 2. The van der Waals surface area contributed by atoms with Crippen molar-refractivity contribution in [3.63, 3.8) is 0 Å². The summed E-state index contributed by atoms with van der Waals surface area (Å²) in [4.78, 5) is 25.2. The summed E-state index contributed by atoms with van der Waals surface area (Å²) in [5, 5.41) is 0. The Kier molecular flexibility index (Phi) is 4.03. The molecule has 23 heavy (non-hydrogen) atoms. The lowest BCUT2D eigenvalue weighted by Gasteiger charge is -2.34. The molecule has 1 aliphatic carbocycles. The lowest BCUT2D eigenvalue weighted by molar-refractivity contribution is -0.136. The summed E-state index contributed by atoms with van der Waals surface area (Å²) < 4.78 is 6.09. The summed E-state index contributed by atoms with van der Waals surface area (Å²) in [6, 6.07) is 0.513. The number of fused-ring (bicyclic) bond motifs is 1. The van der Waals surface area contributed by atoms with Crippen LogP contribution in [0, 0.1) is 5.92 Å². The number of nitrogens with zero attached hydrogens (tertiary/aromatic N) is 4. The van der Waals surface area contributed by atoms with Crippen LogP contribution in [0.25, 0.3) is 0 Å². The second-order valence-electron chi connectivity index (χ2n) is 7.04. The third-order valence-corrected chi connectivity index (χ3v) is 5.32. The van der Waals surface area contributed by atoms with Crippen LogP contribution in [0.15, 0.2) is 18.7 Å². The zero-order valence-corrected chi connectivity index (χ0v) is 13.6. The van der Waals surface area contributed by atoms with Crippen molar-refractivity contribution in [1.29, 1.82) is 0 Å². The average Bonchev–Trinajstić information content (AvgIpc) is 3.35. The second-order valence-corrected chi connectivity index (χ2v) is 7.04. The van der Waals surface area contributed by atoms with E-state index < -0.39 is 0 Å². The van der Waals surface area contributed by atoms with Crippen LogP contribution in [0.1, 0.15) is 31.2 Å². The Hall–Kier alpha value is -1.53. The highest BCUT2D eigenvalue weighted by molar-refractivity contribution is 5.81. The van der Waals surface area contributed by atoms with E-state index in [9.17, 15) is 4.79 Å². The van der Waals surface area contributed by atoms with Crippen LogP contribution >= 0.6 is 0 Å². The van der Waals surface area contributed by atoms with Gasteiger partial charge in [0.1, 0.15) is 6.33 Å². The van der Waals surface area contributed by atoms with Crippen molar-refractivity contribution in [2.45, 2.75) is 50.4 Å². The van der Waals surface area contributed by atoms with Gasteiger partial charge in [0, 0.05) is 43.6 Å². The standard InChI is InChI=1S/C17H24N4O2/c1-20(9-12-7-18-11-19-8-12)15-10-21(17(22)13-4-5-13)14-3-2-6-23-16(14)15/h7-8,11,13-16H,2-6,9-10H2,1H3/t14-,15-,16+/m1/s1. The summed E-state index contributed by atoms with van der Waals surface area (Å²) in [6.45, 7) is 2.38. The zero-order chi connectivity index (χ0) is 15.8. The predicted molar refractivity (Wildman–Crippen MR) is 84.5 cm³/mol. The summed E-state index contributed by atoms with van der Waals surface area (Å²) in [5.74, 6) is 0.633. The fourth-order valence-corrected chi connectivity index (χ4v) is 3.95. The van der Waals surface area contributed by atoms with Crippen molar-refractivity contribution < 1.29 is 9.53 Å². The van der Waals surface area contributed by atoms with Gasteiger partial charge in [-0.05, 0) is 32.7 Å². The van der Waals surface area contributed by atoms with Gasteiger partial charge < -0.3 is 9.64 Å². The molecule has 2 saturated heterocycles. The lowest BCUT2D eigenvalue weighted by Crippen LogP contribution is -2.46. The van der Waals surface area contributed by atoms with Gasteiger partial charge in [-0.15, -0.1) is 0 Å². The Morgan fingerprint density at radius 1 is 1.35 bits per heavy atom. The van der Waals surface area contributed by atoms with Gasteiger partial charge in [0.15, 0.2) is 0 Å². The van der Waals surface area contributed by atoms with Gasteiger partial charge in [-0.3, -0.25) is 9.69 Å². The molecule has 3 heterocycles. The maximum Gasteiger partial charge on any atom is 0.226 e. The van der Waals surface area contributed by atoms with E-state index in [-0.39, 0.29) is 24.1 Å². The van der Waals surface area contributed by atoms with Gasteiger partial charge in [0.05, 0.1) is 18.2 Å². The van der Waals surface area contributed by atoms with Crippen molar-refractivity contribution >= 4 is 5.91 Å². The first-order valence-corrected chi connectivity index (χ1v) is 8.60. The Morgan fingerprint density at radius 3 is 2.87 bits per heavy atom. The van der Waals surface area contributed by atoms with Crippen LogP contribution in [0.3, 0.4) is 0 Å². The number of carbonyl (C=O) groups excluding carboxylic acids is 1. The topological polar surface area (TPSA) is 58.6 Å². The minimum atomic E-state index is 0.140. The average molecular weight is 316 g/mol. The molecule has 1 aromatic heterocycles. The maximum absolute atomic E-state index is 12.6. The van der Waals surface area contributed by atoms with Gasteiger partial charge >= 0.3 is 0 Å². The largest absolute Gasteiger partial charge is 0.374 e. The van der Waals surface area contributed by atoms with Gasteiger partial charge in [0.2, 0.25) is 5.91 Å². The number of rotatable bonds is 4. The van der Waals surface area contributed by atoms with Crippen LogP contribution < -0.4 is 0 Å². The van der Waals surface area contributed by atoms with Crippen molar-refractivity contribution in [1.82, 2.24) is 19.8 Å². The molecule has 0 unspecified atom stereocenters. The molecule has 1 amide bonds. The number of likely N-dealkylation sites (tertiary alicyclic amines) is 1. The lowest BCUT2D eigenvalue weighted by atomic mass is 10.00. The molecule has 0 spiro atoms. The minimum absolute atomic E-state index is 0.140. The molecule has 6 nitrogen and oxygen atoms in total. The second kappa shape index (κ2) is 6.17. The molecule has 3 fully saturated rings. The van der Waals surface area contributed by atoms with Crippen molar-refractivity contribution in [3.8, 4) is 0 Å². The van der Waals surface area contributed by atoms with Gasteiger partial charge in [-0.1, -0.05) is 0 Å². The highest BCUT2D eigenvalue weighted by atomic mass is 16.5. The van der Waals surface area contributed by atoms with Crippen LogP contribution in [0.5, 0.6) is 0 Å². The normalized spacial score (nSPS) is 30.5. The van der Waals surface area contributed by atoms with E-state index in [2.05, 4.69) is 26.8 Å². The maximum atomic E-state index is 12.6. The predicted octanol–water partition coefficient (Wildman–Crippen LogP) is 1.08. The SMILES string of the molecule is CN(Cc1cncnc1)[C@@H]1CN(C(=O)C2CC2)[C@@H]2CCCO[C@H]12. The molecule has 4 rings (SSSR count). The molecule has 0 aromatic carbocycles. The van der Waals surface area contributed by atoms with E-state index in [1.54, 1.807) is 6.33 Å². The molecule has 1 saturated carbocycles. The zero-order valence-electron chi connectivity index (χ0n) is 13.6. The number of likely N-dealkylation sites (N-methyl/N-ethyl adjacent to an activating group) is 1. The summed E-state index contributed by atoms with van der Waals surface area (Å²) in [5.41, 5.74) is 1.09. The monoisotopic (exact) mass is 316 g/mol. The third kappa shape index (κ3) is 2.97. The number of ether oxygens (including phenoxy) is 1. The molecule has 2 aliphatic heterocycles. The minimum Gasteiger partial charge on any atom is -0.374 e. The fourth-order valence-electron chi connectivity index (χ4n) is 3.95. The van der Waals surface area contributed by atoms with Gasteiger partial charge in [-0.25, -0.2) is 9.97 Å². The number of carbonyl (C=O) groups is 1. The summed E-state index contributed by atoms with van der Waals surface area (Å²) in [6.07, 6.45) is 9.65. The van der Waals surface area contributed by atoms with Crippen molar-refractivity contribution in [2.24, 2.45) is 5.92 Å². The number of hydrogen-bond acceptors (Lipinski definition) is 5. The summed E-state index contributed by atoms with van der Waals surface area (Å²) in [7, 11) is 2.11. The molecular formula is C17H24N4O2. The Morgan fingerprint density at radius 2 is 2.13 bits per heavy atom. The number of amides is 1. The first-order chi connectivity index (χ1) is 11.2. The Balaban J connectivity index is 1.49. The number of hydrogen-bond donors (Lipinski definition) is 0. The Bertz CT molecular complexity index is 563. The molecule has 3 atom stereocenters. The van der Waals surface area contributed by atoms with Crippen LogP contribution in [0.2, 0.25) is 0 Å². The van der Waals surface area contributed by atoms with Gasteiger partial charge in [0.25, 0.3) is 0 Å². The molecule has 124 valence electrons. The fraction of sp³-hybridized carbons (Fsp3) is 0.706. The molecule has 3 aliphatic rings. The van der Waals surface area contributed by atoms with E-state index in [1.165, 1.54) is 0 Å². The first-order valence-electron chi connectivity index (χ1n) is 8.60. The molecule has 0 bridgehead atoms. The molecule has 6 heteroatoms. The van der Waals surface area contributed by atoms with E-state index in [0.29, 0.717) is 5.91 Å². The smallest absolute Gasteiger partial charge is 0.226 e. The first kappa shape index (κ1) is 15.0. The Labute approximate surface area is 136 Å². The highest BCUT2D eigenvalue weighted by Crippen LogP contribution is 2.37. The van der Waals surface area contributed by atoms with Crippen molar-refractivity contribution in [3.05, 3.63) is 24.3 Å². The van der Waals surface area contributed by atoms with Crippen molar-refractivity contribution in [2.75, 3.05) is 20.2 Å². The van der Waals surface area contributed by atoms with E-state index in [1.807, 2.05) is 12.4 Å². The van der Waals surface area contributed by atoms with E-state index >= 15 is 0 Å². The summed E-state index contributed by atoms with van der Waals surface area (Å²) >= 11 is 0. The molecular weight excluding hydrogens is 292 g/mol. The third-order valence-electron chi connectivity index (χ3n) is 5.32. The van der Waals surface area contributed by atoms with E-state index in [4.69, 9.17) is 4.74 Å². The van der Waals surface area contributed by atoms with Crippen LogP contribution in [-0.4, -0.2) is 64.1 Å².